The number of H-pyrrole nitrogens is 1. The highest BCUT2D eigenvalue weighted by Crippen LogP contribution is 2.29. The van der Waals surface area contributed by atoms with E-state index in [4.69, 9.17) is 26.4 Å². The van der Waals surface area contributed by atoms with Crippen molar-refractivity contribution in [1.82, 2.24) is 14.9 Å². The monoisotopic (exact) mass is 412 g/mol. The maximum Gasteiger partial charge on any atom is 0.216 e. The number of hydrogen-bond acceptors (Lipinski definition) is 6. The number of aromatic amines is 1. The summed E-state index contributed by atoms with van der Waals surface area (Å²) >= 11 is 5.36. The maximum atomic E-state index is 5.77. The second-order valence-electron chi connectivity index (χ2n) is 6.10. The first-order valence-electron chi connectivity index (χ1n) is 9.42. The van der Waals surface area contributed by atoms with Gasteiger partial charge in [0.15, 0.2) is 17.3 Å². The molecule has 1 aromatic heterocycles. The van der Waals surface area contributed by atoms with Gasteiger partial charge in [-0.25, -0.2) is 5.10 Å². The van der Waals surface area contributed by atoms with E-state index in [1.165, 1.54) is 0 Å². The van der Waals surface area contributed by atoms with Gasteiger partial charge in [0, 0.05) is 0 Å². The number of para-hydroxylation sites is 1. The van der Waals surface area contributed by atoms with Crippen molar-refractivity contribution in [2.75, 3.05) is 20.3 Å². The Hall–Kier alpha value is -3.13. The highest BCUT2D eigenvalue weighted by Gasteiger charge is 2.13. The zero-order valence-electron chi connectivity index (χ0n) is 16.7. The summed E-state index contributed by atoms with van der Waals surface area (Å²) in [7, 11) is 1.62. The topological polar surface area (TPSA) is 73.7 Å². The Morgan fingerprint density at radius 3 is 2.69 bits per heavy atom. The third-order valence-corrected chi connectivity index (χ3v) is 4.31. The molecule has 0 spiro atoms. The second-order valence-corrected chi connectivity index (χ2v) is 6.48. The van der Waals surface area contributed by atoms with Crippen LogP contribution in [-0.4, -0.2) is 41.4 Å². The summed E-state index contributed by atoms with van der Waals surface area (Å²) in [4.78, 5) is 0. The molecule has 3 aromatic rings. The third-order valence-electron chi connectivity index (χ3n) is 4.05. The van der Waals surface area contributed by atoms with Crippen molar-refractivity contribution in [3.05, 3.63) is 52.8 Å². The fraction of sp³-hybridized carbons (Fsp3) is 0.286. The molecule has 8 heteroatoms. The van der Waals surface area contributed by atoms with Gasteiger partial charge in [0.05, 0.1) is 32.1 Å². The van der Waals surface area contributed by atoms with E-state index in [9.17, 15) is 0 Å². The van der Waals surface area contributed by atoms with Gasteiger partial charge in [-0.2, -0.15) is 14.9 Å². The van der Waals surface area contributed by atoms with Crippen molar-refractivity contribution in [2.24, 2.45) is 5.10 Å². The predicted octanol–water partition coefficient (Wildman–Crippen LogP) is 4.69. The molecule has 29 heavy (non-hydrogen) atoms. The molecule has 1 N–H and O–H groups in total. The molecule has 0 aliphatic carbocycles. The van der Waals surface area contributed by atoms with Crippen LogP contribution in [0, 0.1) is 4.77 Å². The Morgan fingerprint density at radius 2 is 1.93 bits per heavy atom. The summed E-state index contributed by atoms with van der Waals surface area (Å²) in [6.45, 7) is 5.16. The summed E-state index contributed by atoms with van der Waals surface area (Å²) in [5, 5.41) is 11.7. The van der Waals surface area contributed by atoms with Crippen molar-refractivity contribution in [3.8, 4) is 28.6 Å². The number of methoxy groups -OCH3 is 1. The van der Waals surface area contributed by atoms with Gasteiger partial charge < -0.3 is 14.2 Å². The van der Waals surface area contributed by atoms with Crippen LogP contribution in [0.3, 0.4) is 0 Å². The SMILES string of the molecule is CCCOc1cc(/C=N\n2c(-c3ccccc3OCC)n[nH]c2=S)ccc1OC. The molecule has 0 aliphatic rings. The largest absolute Gasteiger partial charge is 0.493 e. The number of benzene rings is 2. The van der Waals surface area contributed by atoms with Crippen LogP contribution in [0.5, 0.6) is 17.2 Å². The highest BCUT2D eigenvalue weighted by molar-refractivity contribution is 7.71. The Bertz CT molecular complexity index is 1040. The Morgan fingerprint density at radius 1 is 1.10 bits per heavy atom. The molecular formula is C21H24N4O3S. The normalized spacial score (nSPS) is 11.0. The Balaban J connectivity index is 1.95. The van der Waals surface area contributed by atoms with E-state index >= 15 is 0 Å². The molecule has 152 valence electrons. The average Bonchev–Trinajstić information content (AvgIpc) is 3.11. The van der Waals surface area contributed by atoms with Gasteiger partial charge in [-0.1, -0.05) is 19.1 Å². The zero-order valence-corrected chi connectivity index (χ0v) is 17.5. The van der Waals surface area contributed by atoms with Crippen LogP contribution in [0.25, 0.3) is 11.4 Å². The lowest BCUT2D eigenvalue weighted by atomic mass is 10.2. The second kappa shape index (κ2) is 9.88. The van der Waals surface area contributed by atoms with Crippen molar-refractivity contribution in [3.63, 3.8) is 0 Å². The van der Waals surface area contributed by atoms with Crippen molar-refractivity contribution in [2.45, 2.75) is 20.3 Å². The van der Waals surface area contributed by atoms with E-state index in [2.05, 4.69) is 22.2 Å². The van der Waals surface area contributed by atoms with E-state index in [0.29, 0.717) is 35.3 Å². The van der Waals surface area contributed by atoms with E-state index in [1.54, 1.807) is 18.0 Å². The molecule has 0 amide bonds. The first kappa shape index (κ1) is 20.6. The van der Waals surface area contributed by atoms with Crippen LogP contribution in [0.2, 0.25) is 0 Å². The first-order chi connectivity index (χ1) is 14.2. The third kappa shape index (κ3) is 4.83. The van der Waals surface area contributed by atoms with E-state index in [0.717, 1.165) is 23.3 Å². The van der Waals surface area contributed by atoms with Crippen LogP contribution in [0.1, 0.15) is 25.8 Å². The molecule has 3 rings (SSSR count). The maximum absolute atomic E-state index is 5.77. The van der Waals surface area contributed by atoms with E-state index in [-0.39, 0.29) is 0 Å². The van der Waals surface area contributed by atoms with Crippen LogP contribution in [0.15, 0.2) is 47.6 Å². The average molecular weight is 413 g/mol. The van der Waals surface area contributed by atoms with Crippen LogP contribution >= 0.6 is 12.2 Å². The van der Waals surface area contributed by atoms with Crippen LogP contribution in [0.4, 0.5) is 0 Å². The molecule has 0 bridgehead atoms. The molecule has 2 aromatic carbocycles. The number of ether oxygens (including phenoxy) is 3. The smallest absolute Gasteiger partial charge is 0.216 e. The fourth-order valence-electron chi connectivity index (χ4n) is 2.73. The standard InChI is InChI=1S/C21H24N4O3S/c1-4-12-28-19-13-15(10-11-18(19)26-3)14-22-25-20(23-24-21(25)29)16-8-6-7-9-17(16)27-5-2/h6-11,13-14H,4-5,12H2,1-3H3,(H,24,29)/b22-14-. The number of nitrogens with one attached hydrogen (secondary N) is 1. The molecule has 0 unspecified atom stereocenters. The number of hydrogen-bond donors (Lipinski definition) is 1. The van der Waals surface area contributed by atoms with Gasteiger partial charge in [-0.05, 0) is 61.5 Å². The van der Waals surface area contributed by atoms with E-state index < -0.39 is 0 Å². The minimum absolute atomic E-state index is 0.388. The summed E-state index contributed by atoms with van der Waals surface area (Å²) < 4.78 is 18.8. The van der Waals surface area contributed by atoms with Crippen LogP contribution < -0.4 is 14.2 Å². The summed E-state index contributed by atoms with van der Waals surface area (Å²) in [6, 6.07) is 13.3. The molecule has 0 saturated heterocycles. The summed E-state index contributed by atoms with van der Waals surface area (Å²) in [5.74, 6) is 2.66. The van der Waals surface area contributed by atoms with Gasteiger partial charge in [-0.15, -0.1) is 0 Å². The number of rotatable bonds is 9. The van der Waals surface area contributed by atoms with Gasteiger partial charge >= 0.3 is 0 Å². The van der Waals surface area contributed by atoms with Gasteiger partial charge in [0.2, 0.25) is 4.77 Å². The van der Waals surface area contributed by atoms with Crippen molar-refractivity contribution < 1.29 is 14.2 Å². The molecule has 0 aliphatic heterocycles. The molecule has 7 nitrogen and oxygen atoms in total. The first-order valence-corrected chi connectivity index (χ1v) is 9.83. The quantitative estimate of drug-likeness (QED) is 0.408. The minimum Gasteiger partial charge on any atom is -0.493 e. The Labute approximate surface area is 174 Å². The van der Waals surface area contributed by atoms with E-state index in [1.807, 2.05) is 49.4 Å². The van der Waals surface area contributed by atoms with Crippen LogP contribution in [-0.2, 0) is 0 Å². The number of nitrogens with zero attached hydrogens (tertiary/aromatic N) is 3. The zero-order chi connectivity index (χ0) is 20.6. The molecule has 1 heterocycles. The predicted molar refractivity (Wildman–Crippen MR) is 116 cm³/mol. The van der Waals surface area contributed by atoms with Crippen molar-refractivity contribution in [1.29, 1.82) is 0 Å². The van der Waals surface area contributed by atoms with Gasteiger partial charge in [0.1, 0.15) is 5.75 Å². The molecule has 0 atom stereocenters. The Kier molecular flexibility index (Phi) is 7.02. The highest BCUT2D eigenvalue weighted by atomic mass is 32.1. The van der Waals surface area contributed by atoms with Gasteiger partial charge in [0.25, 0.3) is 0 Å². The summed E-state index contributed by atoms with van der Waals surface area (Å²) in [6.07, 6.45) is 2.62. The lowest BCUT2D eigenvalue weighted by Crippen LogP contribution is -2.00. The number of aromatic nitrogens is 3. The summed E-state index contributed by atoms with van der Waals surface area (Å²) in [5.41, 5.74) is 1.66. The fourth-order valence-corrected chi connectivity index (χ4v) is 2.91. The lowest BCUT2D eigenvalue weighted by Gasteiger charge is -2.10. The van der Waals surface area contributed by atoms with Crippen molar-refractivity contribution >= 4 is 18.4 Å². The molecule has 0 radical (unpaired) electrons. The lowest BCUT2D eigenvalue weighted by molar-refractivity contribution is 0.294. The molecular weight excluding hydrogens is 388 g/mol. The molecule has 0 saturated carbocycles. The molecule has 0 fully saturated rings. The van der Waals surface area contributed by atoms with Gasteiger partial charge in [-0.3, -0.25) is 0 Å². The minimum atomic E-state index is 0.388.